The van der Waals surface area contributed by atoms with E-state index >= 15 is 0 Å². The van der Waals surface area contributed by atoms with Gasteiger partial charge in [0, 0.05) is 23.7 Å². The third kappa shape index (κ3) is 4.98. The van der Waals surface area contributed by atoms with Crippen LogP contribution in [0.1, 0.15) is 51.6 Å². The molecule has 118 valence electrons. The molecule has 0 aromatic heterocycles. The Balaban J connectivity index is 1.89. The first-order valence-electron chi connectivity index (χ1n) is 8.34. The summed E-state index contributed by atoms with van der Waals surface area (Å²) in [5.74, 6) is 0.756. The quantitative estimate of drug-likeness (QED) is 0.832. The molecule has 1 aliphatic rings. The fraction of sp³-hybridized carbons (Fsp3) is 0.667. The SMILES string of the molecule is CCCN1CCCC(C(C)N[C@H](C)c2cccc(Cl)c2)C1. The predicted molar refractivity (Wildman–Crippen MR) is 91.9 cm³/mol. The van der Waals surface area contributed by atoms with E-state index in [9.17, 15) is 0 Å². The van der Waals surface area contributed by atoms with Crippen molar-refractivity contribution in [2.45, 2.75) is 52.1 Å². The lowest BCUT2D eigenvalue weighted by Gasteiger charge is -2.37. The maximum Gasteiger partial charge on any atom is 0.0409 e. The summed E-state index contributed by atoms with van der Waals surface area (Å²) in [6, 6.07) is 9.07. The predicted octanol–water partition coefficient (Wildman–Crippen LogP) is 4.50. The summed E-state index contributed by atoms with van der Waals surface area (Å²) < 4.78 is 0. The third-order valence-electron chi connectivity index (χ3n) is 4.65. The zero-order chi connectivity index (χ0) is 15.2. The Kier molecular flexibility index (Phi) is 6.53. The van der Waals surface area contributed by atoms with Crippen molar-refractivity contribution >= 4 is 11.6 Å². The number of benzene rings is 1. The average Bonchev–Trinajstić information content (AvgIpc) is 2.48. The van der Waals surface area contributed by atoms with Crippen molar-refractivity contribution in [1.82, 2.24) is 10.2 Å². The Hall–Kier alpha value is -0.570. The first-order valence-corrected chi connectivity index (χ1v) is 8.71. The second-order valence-corrected chi connectivity index (χ2v) is 6.87. The molecule has 1 aromatic rings. The number of rotatable bonds is 6. The fourth-order valence-electron chi connectivity index (χ4n) is 3.42. The zero-order valence-electron chi connectivity index (χ0n) is 13.6. The molecule has 1 aromatic carbocycles. The minimum Gasteiger partial charge on any atom is -0.307 e. The summed E-state index contributed by atoms with van der Waals surface area (Å²) in [7, 11) is 0. The highest BCUT2D eigenvalue weighted by Gasteiger charge is 2.25. The molecule has 21 heavy (non-hydrogen) atoms. The molecular formula is C18H29ClN2. The summed E-state index contributed by atoms with van der Waals surface area (Å²) in [6.07, 6.45) is 3.94. The van der Waals surface area contributed by atoms with E-state index in [1.807, 2.05) is 12.1 Å². The van der Waals surface area contributed by atoms with Crippen LogP contribution in [-0.2, 0) is 0 Å². The van der Waals surface area contributed by atoms with E-state index in [1.54, 1.807) is 0 Å². The zero-order valence-corrected chi connectivity index (χ0v) is 14.4. The van der Waals surface area contributed by atoms with E-state index in [2.05, 4.69) is 43.1 Å². The molecule has 0 aliphatic carbocycles. The van der Waals surface area contributed by atoms with Crippen LogP contribution in [0, 0.1) is 5.92 Å². The van der Waals surface area contributed by atoms with Crippen LogP contribution in [0.2, 0.25) is 5.02 Å². The van der Waals surface area contributed by atoms with Gasteiger partial charge in [0.05, 0.1) is 0 Å². The Labute approximate surface area is 134 Å². The Morgan fingerprint density at radius 2 is 2.19 bits per heavy atom. The van der Waals surface area contributed by atoms with Gasteiger partial charge in [0.2, 0.25) is 0 Å². The maximum absolute atomic E-state index is 6.09. The Morgan fingerprint density at radius 3 is 2.90 bits per heavy atom. The highest BCUT2D eigenvalue weighted by Crippen LogP contribution is 2.23. The lowest BCUT2D eigenvalue weighted by molar-refractivity contribution is 0.147. The molecule has 2 nitrogen and oxygen atoms in total. The Morgan fingerprint density at radius 1 is 1.38 bits per heavy atom. The van der Waals surface area contributed by atoms with E-state index in [0.717, 1.165) is 10.9 Å². The number of likely N-dealkylation sites (tertiary alicyclic amines) is 1. The molecule has 0 saturated carbocycles. The van der Waals surface area contributed by atoms with E-state index in [0.29, 0.717) is 12.1 Å². The average molecular weight is 309 g/mol. The summed E-state index contributed by atoms with van der Waals surface area (Å²) in [6.45, 7) is 10.6. The fourth-order valence-corrected chi connectivity index (χ4v) is 3.62. The lowest BCUT2D eigenvalue weighted by atomic mass is 9.90. The van der Waals surface area contributed by atoms with Crippen LogP contribution in [0.15, 0.2) is 24.3 Å². The summed E-state index contributed by atoms with van der Waals surface area (Å²) in [4.78, 5) is 2.62. The van der Waals surface area contributed by atoms with Crippen LogP contribution >= 0.6 is 11.6 Å². The van der Waals surface area contributed by atoms with Gasteiger partial charge in [-0.1, -0.05) is 30.7 Å². The van der Waals surface area contributed by atoms with Crippen molar-refractivity contribution < 1.29 is 0 Å². The van der Waals surface area contributed by atoms with Crippen LogP contribution in [0.5, 0.6) is 0 Å². The number of nitrogens with one attached hydrogen (secondary N) is 1. The van der Waals surface area contributed by atoms with Crippen LogP contribution in [0.3, 0.4) is 0 Å². The third-order valence-corrected chi connectivity index (χ3v) is 4.89. The van der Waals surface area contributed by atoms with Crippen molar-refractivity contribution in [3.63, 3.8) is 0 Å². The number of halogens is 1. The number of hydrogen-bond donors (Lipinski definition) is 1. The molecule has 1 fully saturated rings. The highest BCUT2D eigenvalue weighted by atomic mass is 35.5. The first kappa shape index (κ1) is 16.8. The normalized spacial score (nSPS) is 23.0. The molecule has 1 saturated heterocycles. The van der Waals surface area contributed by atoms with Gasteiger partial charge in [0.25, 0.3) is 0 Å². The van der Waals surface area contributed by atoms with Crippen LogP contribution < -0.4 is 5.32 Å². The van der Waals surface area contributed by atoms with Crippen LogP contribution in [-0.4, -0.2) is 30.6 Å². The lowest BCUT2D eigenvalue weighted by Crippen LogP contribution is -2.45. The van der Waals surface area contributed by atoms with Crippen molar-refractivity contribution in [2.75, 3.05) is 19.6 Å². The van der Waals surface area contributed by atoms with Gasteiger partial charge in [0.1, 0.15) is 0 Å². The molecule has 2 rings (SSSR count). The summed E-state index contributed by atoms with van der Waals surface area (Å²) >= 11 is 6.09. The number of nitrogens with zero attached hydrogens (tertiary/aromatic N) is 1. The van der Waals surface area contributed by atoms with Gasteiger partial charge >= 0.3 is 0 Å². The van der Waals surface area contributed by atoms with Gasteiger partial charge in [-0.05, 0) is 69.8 Å². The molecule has 2 unspecified atom stereocenters. The van der Waals surface area contributed by atoms with Gasteiger partial charge in [-0.2, -0.15) is 0 Å². The molecule has 0 bridgehead atoms. The second-order valence-electron chi connectivity index (χ2n) is 6.43. The van der Waals surface area contributed by atoms with Crippen molar-refractivity contribution in [3.05, 3.63) is 34.9 Å². The topological polar surface area (TPSA) is 15.3 Å². The van der Waals surface area contributed by atoms with Crippen LogP contribution in [0.25, 0.3) is 0 Å². The molecule has 3 atom stereocenters. The molecule has 1 N–H and O–H groups in total. The van der Waals surface area contributed by atoms with Gasteiger partial charge in [0.15, 0.2) is 0 Å². The molecule has 1 heterocycles. The molecule has 0 radical (unpaired) electrons. The molecule has 0 spiro atoms. The monoisotopic (exact) mass is 308 g/mol. The van der Waals surface area contributed by atoms with Gasteiger partial charge in [-0.25, -0.2) is 0 Å². The summed E-state index contributed by atoms with van der Waals surface area (Å²) in [5, 5.41) is 4.59. The second kappa shape index (κ2) is 8.17. The van der Waals surface area contributed by atoms with Crippen molar-refractivity contribution in [2.24, 2.45) is 5.92 Å². The summed E-state index contributed by atoms with van der Waals surface area (Å²) in [5.41, 5.74) is 1.27. The van der Waals surface area contributed by atoms with Crippen molar-refractivity contribution in [1.29, 1.82) is 0 Å². The number of hydrogen-bond acceptors (Lipinski definition) is 2. The smallest absolute Gasteiger partial charge is 0.0409 e. The first-order chi connectivity index (χ1) is 10.1. The van der Waals surface area contributed by atoms with Gasteiger partial charge in [-0.15, -0.1) is 0 Å². The minimum atomic E-state index is 0.347. The van der Waals surface area contributed by atoms with Crippen molar-refractivity contribution in [3.8, 4) is 0 Å². The Bertz CT molecular complexity index is 433. The minimum absolute atomic E-state index is 0.347. The maximum atomic E-state index is 6.09. The van der Waals surface area contributed by atoms with E-state index in [-0.39, 0.29) is 0 Å². The molecular weight excluding hydrogens is 280 g/mol. The van der Waals surface area contributed by atoms with E-state index < -0.39 is 0 Å². The molecule has 0 amide bonds. The largest absolute Gasteiger partial charge is 0.307 e. The standard InChI is InChI=1S/C18H29ClN2/c1-4-10-21-11-6-8-17(13-21)15(3)20-14(2)16-7-5-9-18(19)12-16/h5,7,9,12,14-15,17,20H,4,6,8,10-11,13H2,1-3H3/t14-,15?,17?/m1/s1. The molecule has 3 heteroatoms. The number of piperidine rings is 1. The molecule has 1 aliphatic heterocycles. The van der Waals surface area contributed by atoms with E-state index in [1.165, 1.54) is 44.5 Å². The van der Waals surface area contributed by atoms with Gasteiger partial charge < -0.3 is 10.2 Å². The highest BCUT2D eigenvalue weighted by molar-refractivity contribution is 6.30. The van der Waals surface area contributed by atoms with E-state index in [4.69, 9.17) is 11.6 Å². The van der Waals surface area contributed by atoms with Crippen LogP contribution in [0.4, 0.5) is 0 Å². The van der Waals surface area contributed by atoms with Gasteiger partial charge in [-0.3, -0.25) is 0 Å².